The van der Waals surface area contributed by atoms with Gasteiger partial charge in [0.1, 0.15) is 0 Å². The smallest absolute Gasteiger partial charge is 0.294 e. The van der Waals surface area contributed by atoms with Crippen LogP contribution < -0.4 is 4.90 Å². The number of anilines is 1. The van der Waals surface area contributed by atoms with Crippen LogP contribution in [0.1, 0.15) is 29.5 Å². The highest BCUT2D eigenvalue weighted by atomic mass is 16.3. The lowest BCUT2D eigenvalue weighted by Crippen LogP contribution is -2.41. The van der Waals surface area contributed by atoms with Gasteiger partial charge in [-0.25, -0.2) is 0 Å². The molecule has 1 aromatic heterocycles. The quantitative estimate of drug-likeness (QED) is 0.767. The Morgan fingerprint density at radius 3 is 2.89 bits per heavy atom. The Kier molecular flexibility index (Phi) is 2.67. The van der Waals surface area contributed by atoms with Gasteiger partial charge in [-0.2, -0.15) is 0 Å². The molecule has 1 aliphatic heterocycles. The SMILES string of the molecule is C[C@@H]1CCc2ccccc2N1C(=O)c1ccco1. The molecule has 0 N–H and O–H groups in total. The summed E-state index contributed by atoms with van der Waals surface area (Å²) in [6, 6.07) is 11.7. The lowest BCUT2D eigenvalue weighted by Gasteiger charge is -2.34. The van der Waals surface area contributed by atoms with Crippen LogP contribution in [0.2, 0.25) is 0 Å². The summed E-state index contributed by atoms with van der Waals surface area (Å²) in [5, 5.41) is 0. The van der Waals surface area contributed by atoms with Gasteiger partial charge in [0.15, 0.2) is 5.76 Å². The zero-order valence-electron chi connectivity index (χ0n) is 10.3. The van der Waals surface area contributed by atoms with E-state index in [0.717, 1.165) is 18.5 Å². The summed E-state index contributed by atoms with van der Waals surface area (Å²) >= 11 is 0. The number of benzene rings is 1. The zero-order chi connectivity index (χ0) is 12.5. The van der Waals surface area contributed by atoms with Crippen LogP contribution in [-0.4, -0.2) is 11.9 Å². The van der Waals surface area contributed by atoms with Crippen LogP contribution in [-0.2, 0) is 6.42 Å². The highest BCUT2D eigenvalue weighted by Gasteiger charge is 2.29. The van der Waals surface area contributed by atoms with Crippen LogP contribution >= 0.6 is 0 Å². The summed E-state index contributed by atoms with van der Waals surface area (Å²) < 4.78 is 5.22. The van der Waals surface area contributed by atoms with Gasteiger partial charge in [0.05, 0.1) is 6.26 Å². The summed E-state index contributed by atoms with van der Waals surface area (Å²) in [4.78, 5) is 14.3. The molecule has 0 unspecified atom stereocenters. The van der Waals surface area contributed by atoms with E-state index in [9.17, 15) is 4.79 Å². The number of hydrogen-bond donors (Lipinski definition) is 0. The molecule has 0 bridgehead atoms. The highest BCUT2D eigenvalue weighted by Crippen LogP contribution is 2.31. The summed E-state index contributed by atoms with van der Waals surface area (Å²) in [6.07, 6.45) is 3.55. The van der Waals surface area contributed by atoms with Gasteiger partial charge >= 0.3 is 0 Å². The molecule has 1 aromatic carbocycles. The molecule has 1 aliphatic rings. The van der Waals surface area contributed by atoms with Crippen LogP contribution in [0.15, 0.2) is 47.1 Å². The molecule has 2 heterocycles. The molecule has 2 aromatic rings. The first kappa shape index (κ1) is 11.1. The van der Waals surface area contributed by atoms with E-state index in [-0.39, 0.29) is 11.9 Å². The van der Waals surface area contributed by atoms with E-state index in [1.807, 2.05) is 23.1 Å². The minimum atomic E-state index is -0.0559. The number of rotatable bonds is 1. The van der Waals surface area contributed by atoms with Crippen molar-refractivity contribution in [2.45, 2.75) is 25.8 Å². The molecule has 0 saturated heterocycles. The second-order valence-electron chi connectivity index (χ2n) is 4.67. The molecule has 0 aliphatic carbocycles. The molecule has 0 radical (unpaired) electrons. The number of para-hydroxylation sites is 1. The Hall–Kier alpha value is -2.03. The third-order valence-electron chi connectivity index (χ3n) is 3.47. The van der Waals surface area contributed by atoms with Gasteiger partial charge in [-0.3, -0.25) is 4.79 Å². The van der Waals surface area contributed by atoms with Gasteiger partial charge in [0, 0.05) is 11.7 Å². The van der Waals surface area contributed by atoms with Crippen molar-refractivity contribution in [2.75, 3.05) is 4.90 Å². The van der Waals surface area contributed by atoms with Crippen molar-refractivity contribution in [3.05, 3.63) is 54.0 Å². The molecule has 1 amide bonds. The normalized spacial score (nSPS) is 18.5. The minimum Gasteiger partial charge on any atom is -0.459 e. The number of carbonyl (C=O) groups is 1. The first-order valence-electron chi connectivity index (χ1n) is 6.22. The summed E-state index contributed by atoms with van der Waals surface area (Å²) in [7, 11) is 0. The van der Waals surface area contributed by atoms with E-state index in [0.29, 0.717) is 5.76 Å². The molecular formula is C15H15NO2. The van der Waals surface area contributed by atoms with E-state index in [1.165, 1.54) is 11.8 Å². The second-order valence-corrected chi connectivity index (χ2v) is 4.67. The van der Waals surface area contributed by atoms with Crippen molar-refractivity contribution in [1.29, 1.82) is 0 Å². The molecule has 0 spiro atoms. The van der Waals surface area contributed by atoms with Crippen molar-refractivity contribution in [1.82, 2.24) is 0 Å². The average molecular weight is 241 g/mol. The fourth-order valence-corrected chi connectivity index (χ4v) is 2.52. The standard InChI is InChI=1S/C15H15NO2/c1-11-8-9-12-5-2-3-6-13(12)16(11)15(17)14-7-4-10-18-14/h2-7,10-11H,8-9H2,1H3/t11-/m1/s1. The largest absolute Gasteiger partial charge is 0.459 e. The summed E-state index contributed by atoms with van der Waals surface area (Å²) in [6.45, 7) is 2.08. The Bertz CT molecular complexity index is 560. The highest BCUT2D eigenvalue weighted by molar-refractivity contribution is 6.05. The van der Waals surface area contributed by atoms with Gasteiger partial charge in [-0.05, 0) is 43.5 Å². The molecule has 3 nitrogen and oxygen atoms in total. The van der Waals surface area contributed by atoms with Gasteiger partial charge in [0.2, 0.25) is 0 Å². The number of hydrogen-bond acceptors (Lipinski definition) is 2. The van der Waals surface area contributed by atoms with Crippen molar-refractivity contribution >= 4 is 11.6 Å². The predicted octanol–water partition coefficient (Wildman–Crippen LogP) is 3.26. The Morgan fingerprint density at radius 2 is 2.11 bits per heavy atom. The molecule has 1 atom stereocenters. The number of nitrogens with zero attached hydrogens (tertiary/aromatic N) is 1. The minimum absolute atomic E-state index is 0.0559. The maximum atomic E-state index is 12.5. The maximum absolute atomic E-state index is 12.5. The second kappa shape index (κ2) is 4.33. The van der Waals surface area contributed by atoms with Crippen LogP contribution in [0, 0.1) is 0 Å². The maximum Gasteiger partial charge on any atom is 0.294 e. The van der Waals surface area contributed by atoms with E-state index in [2.05, 4.69) is 13.0 Å². The fraction of sp³-hybridized carbons (Fsp3) is 0.267. The fourth-order valence-electron chi connectivity index (χ4n) is 2.52. The van der Waals surface area contributed by atoms with Crippen LogP contribution in [0.5, 0.6) is 0 Å². The Morgan fingerprint density at radius 1 is 1.28 bits per heavy atom. The van der Waals surface area contributed by atoms with Crippen molar-refractivity contribution < 1.29 is 9.21 Å². The van der Waals surface area contributed by atoms with E-state index in [4.69, 9.17) is 4.42 Å². The Labute approximate surface area is 106 Å². The van der Waals surface area contributed by atoms with Gasteiger partial charge < -0.3 is 9.32 Å². The molecule has 0 saturated carbocycles. The van der Waals surface area contributed by atoms with Crippen LogP contribution in [0.25, 0.3) is 0 Å². The number of carbonyl (C=O) groups excluding carboxylic acids is 1. The van der Waals surface area contributed by atoms with Crippen molar-refractivity contribution in [3.63, 3.8) is 0 Å². The van der Waals surface area contributed by atoms with E-state index >= 15 is 0 Å². The third kappa shape index (κ3) is 1.72. The number of furan rings is 1. The van der Waals surface area contributed by atoms with Crippen molar-refractivity contribution in [2.24, 2.45) is 0 Å². The first-order chi connectivity index (χ1) is 8.77. The zero-order valence-corrected chi connectivity index (χ0v) is 10.3. The average Bonchev–Trinajstić information content (AvgIpc) is 2.92. The third-order valence-corrected chi connectivity index (χ3v) is 3.47. The van der Waals surface area contributed by atoms with E-state index in [1.54, 1.807) is 12.1 Å². The van der Waals surface area contributed by atoms with Crippen molar-refractivity contribution in [3.8, 4) is 0 Å². The molecule has 0 fully saturated rings. The topological polar surface area (TPSA) is 33.5 Å². The van der Waals surface area contributed by atoms with Gasteiger partial charge in [0.25, 0.3) is 5.91 Å². The summed E-state index contributed by atoms with van der Waals surface area (Å²) in [5.41, 5.74) is 2.24. The Balaban J connectivity index is 2.03. The lowest BCUT2D eigenvalue weighted by atomic mass is 9.96. The predicted molar refractivity (Wildman–Crippen MR) is 69.7 cm³/mol. The van der Waals surface area contributed by atoms with Crippen LogP contribution in [0.3, 0.4) is 0 Å². The number of fused-ring (bicyclic) bond motifs is 1. The molecular weight excluding hydrogens is 226 g/mol. The van der Waals surface area contributed by atoms with Crippen LogP contribution in [0.4, 0.5) is 5.69 Å². The number of aryl methyl sites for hydroxylation is 1. The summed E-state index contributed by atoms with van der Waals surface area (Å²) in [5.74, 6) is 0.346. The monoisotopic (exact) mass is 241 g/mol. The van der Waals surface area contributed by atoms with Gasteiger partial charge in [-0.15, -0.1) is 0 Å². The molecule has 3 rings (SSSR count). The molecule has 3 heteroatoms. The molecule has 18 heavy (non-hydrogen) atoms. The van der Waals surface area contributed by atoms with E-state index < -0.39 is 0 Å². The van der Waals surface area contributed by atoms with Gasteiger partial charge in [-0.1, -0.05) is 18.2 Å². The molecule has 92 valence electrons. The first-order valence-corrected chi connectivity index (χ1v) is 6.22. The lowest BCUT2D eigenvalue weighted by molar-refractivity contribution is 0.0948. The number of amides is 1.